The van der Waals surface area contributed by atoms with Gasteiger partial charge in [0.25, 0.3) is 0 Å². The molecule has 0 radical (unpaired) electrons. The third kappa shape index (κ3) is 6.89. The van der Waals surface area contributed by atoms with Crippen LogP contribution in [0, 0.1) is 11.3 Å². The fraction of sp³-hybridized carbons (Fsp3) is 0.500. The second-order valence-corrected chi connectivity index (χ2v) is 9.92. The number of hydrogen-bond donors (Lipinski definition) is 4. The van der Waals surface area contributed by atoms with Crippen molar-refractivity contribution in [3.63, 3.8) is 0 Å². The Morgan fingerprint density at radius 3 is 2.48 bits per heavy atom. The van der Waals surface area contributed by atoms with E-state index in [1.54, 1.807) is 0 Å². The third-order valence-electron chi connectivity index (χ3n) is 5.79. The lowest BCUT2D eigenvalue weighted by Crippen LogP contribution is -2.41. The molecule has 2 aromatic carbocycles. The molecule has 4 atom stereocenters. The second-order valence-electron chi connectivity index (χ2n) is 9.92. The zero-order chi connectivity index (χ0) is 22.4. The predicted molar refractivity (Wildman–Crippen MR) is 124 cm³/mol. The third-order valence-corrected chi connectivity index (χ3v) is 5.79. The van der Waals surface area contributed by atoms with Crippen molar-refractivity contribution in [3.8, 4) is 0 Å². The van der Waals surface area contributed by atoms with Gasteiger partial charge in [0, 0.05) is 25.4 Å². The Morgan fingerprint density at radius 1 is 1.10 bits per heavy atom. The van der Waals surface area contributed by atoms with Crippen molar-refractivity contribution in [1.29, 1.82) is 0 Å². The lowest BCUT2D eigenvalue weighted by molar-refractivity contribution is -0.127. The van der Waals surface area contributed by atoms with Crippen LogP contribution in [0.2, 0.25) is 0 Å². The fourth-order valence-corrected chi connectivity index (χ4v) is 4.23. The molecule has 2 aromatic rings. The number of rotatable bonds is 9. The number of benzene rings is 2. The van der Waals surface area contributed by atoms with E-state index in [1.807, 2.05) is 54.6 Å². The fourth-order valence-electron chi connectivity index (χ4n) is 4.23. The molecule has 4 N–H and O–H groups in total. The van der Waals surface area contributed by atoms with E-state index in [0.29, 0.717) is 25.8 Å². The minimum atomic E-state index is -0.628. The van der Waals surface area contributed by atoms with Crippen molar-refractivity contribution in [3.05, 3.63) is 71.3 Å². The Balaban J connectivity index is 1.67. The minimum absolute atomic E-state index is 0.125. The summed E-state index contributed by atoms with van der Waals surface area (Å²) < 4.78 is 0. The first kappa shape index (κ1) is 23.5. The molecule has 1 amide bonds. The van der Waals surface area contributed by atoms with Gasteiger partial charge in [-0.3, -0.25) is 4.79 Å². The van der Waals surface area contributed by atoms with Gasteiger partial charge in [-0.1, -0.05) is 75.4 Å². The summed E-state index contributed by atoms with van der Waals surface area (Å²) in [6, 6.07) is 17.3. The van der Waals surface area contributed by atoms with Gasteiger partial charge >= 0.3 is 0 Å². The second kappa shape index (κ2) is 10.4. The van der Waals surface area contributed by atoms with Crippen molar-refractivity contribution >= 4 is 5.91 Å². The summed E-state index contributed by atoms with van der Waals surface area (Å²) in [5, 5.41) is 27.5. The molecular weight excluding hydrogens is 388 g/mol. The largest absolute Gasteiger partial charge is 0.392 e. The summed E-state index contributed by atoms with van der Waals surface area (Å²) >= 11 is 0. The van der Waals surface area contributed by atoms with E-state index in [4.69, 9.17) is 0 Å². The van der Waals surface area contributed by atoms with E-state index < -0.39 is 18.2 Å². The molecule has 5 nitrogen and oxygen atoms in total. The summed E-state index contributed by atoms with van der Waals surface area (Å²) in [6.45, 7) is 7.67. The first-order valence-electron chi connectivity index (χ1n) is 11.2. The Kier molecular flexibility index (Phi) is 7.87. The Morgan fingerprint density at radius 2 is 1.77 bits per heavy atom. The smallest absolute Gasteiger partial charge is 0.224 e. The average molecular weight is 425 g/mol. The van der Waals surface area contributed by atoms with Crippen LogP contribution in [0.15, 0.2) is 54.6 Å². The standard InChI is InChI=1S/C26H36N2O3/c1-26(2,3)17-27-16-21(29)14-20(13-18-9-5-4-6-10-18)25(31)28-24-22-12-8-7-11-19(22)15-23(24)30/h4-12,20-21,23-24,27,29-30H,13-17H2,1-3H3,(H,28,31)/t20-,21+,23-,24+/m1/s1. The Bertz CT molecular complexity index is 847. The van der Waals surface area contributed by atoms with Crippen molar-refractivity contribution in [2.75, 3.05) is 13.1 Å². The van der Waals surface area contributed by atoms with Gasteiger partial charge in [0.1, 0.15) is 0 Å². The quantitative estimate of drug-likeness (QED) is 0.499. The monoisotopic (exact) mass is 424 g/mol. The van der Waals surface area contributed by atoms with Gasteiger partial charge in [-0.2, -0.15) is 0 Å². The molecule has 0 heterocycles. The molecule has 0 bridgehead atoms. The van der Waals surface area contributed by atoms with Gasteiger partial charge in [-0.25, -0.2) is 0 Å². The topological polar surface area (TPSA) is 81.6 Å². The Hall–Kier alpha value is -2.21. The van der Waals surface area contributed by atoms with Crippen LogP contribution in [0.5, 0.6) is 0 Å². The van der Waals surface area contributed by atoms with Gasteiger partial charge in [0.15, 0.2) is 0 Å². The van der Waals surface area contributed by atoms with Crippen LogP contribution in [0.25, 0.3) is 0 Å². The molecule has 3 rings (SSSR count). The highest BCUT2D eigenvalue weighted by molar-refractivity contribution is 5.79. The molecule has 0 spiro atoms. The highest BCUT2D eigenvalue weighted by Crippen LogP contribution is 2.31. The first-order valence-corrected chi connectivity index (χ1v) is 11.2. The average Bonchev–Trinajstić information content (AvgIpc) is 3.02. The summed E-state index contributed by atoms with van der Waals surface area (Å²) in [7, 11) is 0. The van der Waals surface area contributed by atoms with E-state index in [0.717, 1.165) is 23.2 Å². The van der Waals surface area contributed by atoms with E-state index in [9.17, 15) is 15.0 Å². The van der Waals surface area contributed by atoms with Crippen molar-refractivity contribution in [2.45, 2.75) is 58.3 Å². The number of nitrogens with one attached hydrogen (secondary N) is 2. The molecule has 0 aliphatic heterocycles. The van der Waals surface area contributed by atoms with Crippen LogP contribution in [0.3, 0.4) is 0 Å². The normalized spacial score (nSPS) is 20.2. The molecule has 0 saturated heterocycles. The van der Waals surface area contributed by atoms with E-state index in [2.05, 4.69) is 31.4 Å². The number of fused-ring (bicyclic) bond motifs is 1. The highest BCUT2D eigenvalue weighted by atomic mass is 16.3. The first-order chi connectivity index (χ1) is 14.7. The number of hydrogen-bond acceptors (Lipinski definition) is 4. The molecule has 0 fully saturated rings. The van der Waals surface area contributed by atoms with Crippen molar-refractivity contribution in [2.24, 2.45) is 11.3 Å². The molecule has 0 aromatic heterocycles. The van der Waals surface area contributed by atoms with Gasteiger partial charge in [-0.15, -0.1) is 0 Å². The van der Waals surface area contributed by atoms with Crippen LogP contribution in [0.1, 0.15) is 49.9 Å². The molecular formula is C26H36N2O3. The van der Waals surface area contributed by atoms with Crippen molar-refractivity contribution in [1.82, 2.24) is 10.6 Å². The molecule has 0 saturated carbocycles. The van der Waals surface area contributed by atoms with E-state index >= 15 is 0 Å². The maximum absolute atomic E-state index is 13.3. The van der Waals surface area contributed by atoms with Crippen LogP contribution >= 0.6 is 0 Å². The van der Waals surface area contributed by atoms with Crippen LogP contribution in [-0.4, -0.2) is 41.4 Å². The van der Waals surface area contributed by atoms with Gasteiger partial charge < -0.3 is 20.8 Å². The van der Waals surface area contributed by atoms with Gasteiger partial charge in [0.2, 0.25) is 5.91 Å². The van der Waals surface area contributed by atoms with E-state index in [-0.39, 0.29) is 17.2 Å². The molecule has 168 valence electrons. The molecule has 1 aliphatic rings. The molecule has 5 heteroatoms. The summed E-state index contributed by atoms with van der Waals surface area (Å²) in [6.07, 6.45) is 0.208. The molecule has 1 aliphatic carbocycles. The van der Waals surface area contributed by atoms with Crippen LogP contribution in [0.4, 0.5) is 0 Å². The maximum atomic E-state index is 13.3. The highest BCUT2D eigenvalue weighted by Gasteiger charge is 2.34. The van der Waals surface area contributed by atoms with Gasteiger partial charge in [-0.05, 0) is 34.9 Å². The zero-order valence-electron chi connectivity index (χ0n) is 18.8. The number of aliphatic hydroxyl groups is 2. The molecule has 31 heavy (non-hydrogen) atoms. The van der Waals surface area contributed by atoms with Crippen LogP contribution in [-0.2, 0) is 17.6 Å². The van der Waals surface area contributed by atoms with E-state index in [1.165, 1.54) is 0 Å². The Labute approximate surface area is 185 Å². The van der Waals surface area contributed by atoms with Crippen molar-refractivity contribution < 1.29 is 15.0 Å². The SMILES string of the molecule is CC(C)(C)CNC[C@@H](O)C[C@@H](Cc1ccccc1)C(=O)N[C@H]1c2ccccc2C[C@H]1O. The lowest BCUT2D eigenvalue weighted by Gasteiger charge is -2.25. The summed E-state index contributed by atoms with van der Waals surface area (Å²) in [5.74, 6) is -0.506. The minimum Gasteiger partial charge on any atom is -0.392 e. The number of carbonyl (C=O) groups excluding carboxylic acids is 1. The predicted octanol–water partition coefficient (Wildman–Crippen LogP) is 3.01. The number of amides is 1. The number of aliphatic hydroxyl groups excluding tert-OH is 2. The zero-order valence-corrected chi connectivity index (χ0v) is 18.8. The summed E-state index contributed by atoms with van der Waals surface area (Å²) in [4.78, 5) is 13.3. The van der Waals surface area contributed by atoms with Crippen LogP contribution < -0.4 is 10.6 Å². The molecule has 0 unspecified atom stereocenters. The maximum Gasteiger partial charge on any atom is 0.224 e. The lowest BCUT2D eigenvalue weighted by atomic mass is 9.91. The van der Waals surface area contributed by atoms with Gasteiger partial charge in [0.05, 0.1) is 18.2 Å². The summed E-state index contributed by atoms with van der Waals surface area (Å²) in [5.41, 5.74) is 3.25. The number of carbonyl (C=O) groups is 1.